The van der Waals surface area contributed by atoms with Crippen molar-refractivity contribution in [1.82, 2.24) is 5.32 Å². The largest absolute Gasteiger partial charge is 0.506 e. The highest BCUT2D eigenvalue weighted by Crippen LogP contribution is 2.35. The van der Waals surface area contributed by atoms with Crippen LogP contribution in [0.1, 0.15) is 16.7 Å². The van der Waals surface area contributed by atoms with E-state index in [0.29, 0.717) is 35.7 Å². The number of carbonyl (C=O) groups excluding carboxylic acids is 1. The number of anilines is 1. The fraction of sp³-hybridized carbons (Fsp3) is 0.138. The Bertz CT molecular complexity index is 1310. The van der Waals surface area contributed by atoms with Crippen LogP contribution < -0.4 is 10.6 Å². The van der Waals surface area contributed by atoms with Gasteiger partial charge in [0.1, 0.15) is 5.75 Å². The SMILES string of the molecule is O=C(NCCc1ccccc1)Nc1cc(Cl)c(O)c(CCc2ccccc2Sc2ccc(Cl)cc2)c1. The fourth-order valence-corrected chi connectivity index (χ4v) is 5.11. The minimum Gasteiger partial charge on any atom is -0.506 e. The molecule has 0 heterocycles. The molecule has 0 aromatic heterocycles. The lowest BCUT2D eigenvalue weighted by atomic mass is 10.0. The predicted molar refractivity (Wildman–Crippen MR) is 150 cm³/mol. The Morgan fingerprint density at radius 3 is 2.28 bits per heavy atom. The second-order valence-corrected chi connectivity index (χ2v) is 10.2. The summed E-state index contributed by atoms with van der Waals surface area (Å²) >= 11 is 14.0. The molecule has 0 fully saturated rings. The van der Waals surface area contributed by atoms with Crippen LogP contribution in [-0.4, -0.2) is 17.7 Å². The Hall–Kier alpha value is -3.12. The molecule has 0 aliphatic rings. The standard InChI is InChI=1S/C29H26Cl2N2O2S/c30-23-12-14-25(15-13-23)36-27-9-5-4-8-21(27)10-11-22-18-24(19-26(31)28(22)34)33-29(35)32-17-16-20-6-2-1-3-7-20/h1-9,12-15,18-19,34H,10-11,16-17H2,(H2,32,33,35). The van der Waals surface area contributed by atoms with Gasteiger partial charge in [-0.3, -0.25) is 0 Å². The van der Waals surface area contributed by atoms with Crippen molar-refractivity contribution >= 4 is 46.7 Å². The molecule has 0 radical (unpaired) electrons. The summed E-state index contributed by atoms with van der Waals surface area (Å²) < 4.78 is 0. The van der Waals surface area contributed by atoms with Gasteiger partial charge >= 0.3 is 6.03 Å². The van der Waals surface area contributed by atoms with Crippen LogP contribution in [-0.2, 0) is 19.3 Å². The minimum atomic E-state index is -0.316. The van der Waals surface area contributed by atoms with Crippen LogP contribution in [0.25, 0.3) is 0 Å². The molecule has 0 atom stereocenters. The third kappa shape index (κ3) is 7.44. The maximum Gasteiger partial charge on any atom is 0.319 e. The Kier molecular flexibility index (Phi) is 9.17. The number of hydrogen-bond acceptors (Lipinski definition) is 3. The van der Waals surface area contributed by atoms with Crippen LogP contribution in [0.2, 0.25) is 10.0 Å². The molecule has 0 saturated carbocycles. The zero-order valence-electron chi connectivity index (χ0n) is 19.5. The van der Waals surface area contributed by atoms with E-state index in [2.05, 4.69) is 22.8 Å². The number of phenolic OH excluding ortho intramolecular Hbond substituents is 1. The van der Waals surface area contributed by atoms with Gasteiger partial charge in [0, 0.05) is 27.0 Å². The molecule has 4 aromatic carbocycles. The number of carbonyl (C=O) groups is 1. The summed E-state index contributed by atoms with van der Waals surface area (Å²) in [5.41, 5.74) is 3.52. The van der Waals surface area contributed by atoms with Gasteiger partial charge < -0.3 is 15.7 Å². The first-order chi connectivity index (χ1) is 17.5. The van der Waals surface area contributed by atoms with E-state index in [1.807, 2.05) is 66.7 Å². The van der Waals surface area contributed by atoms with E-state index in [-0.39, 0.29) is 16.8 Å². The number of urea groups is 1. The van der Waals surface area contributed by atoms with Crippen molar-refractivity contribution in [1.29, 1.82) is 0 Å². The monoisotopic (exact) mass is 536 g/mol. The Morgan fingerprint density at radius 2 is 1.50 bits per heavy atom. The van der Waals surface area contributed by atoms with E-state index in [9.17, 15) is 9.90 Å². The number of aromatic hydroxyl groups is 1. The van der Waals surface area contributed by atoms with Gasteiger partial charge in [-0.2, -0.15) is 0 Å². The van der Waals surface area contributed by atoms with Crippen LogP contribution in [0.3, 0.4) is 0 Å². The summed E-state index contributed by atoms with van der Waals surface area (Å²) in [6.45, 7) is 0.511. The molecule has 0 spiro atoms. The average molecular weight is 538 g/mol. The topological polar surface area (TPSA) is 61.4 Å². The van der Waals surface area contributed by atoms with Crippen molar-refractivity contribution in [2.75, 3.05) is 11.9 Å². The molecular formula is C29H26Cl2N2O2S. The minimum absolute atomic E-state index is 0.0366. The maximum absolute atomic E-state index is 12.4. The smallest absolute Gasteiger partial charge is 0.319 e. The van der Waals surface area contributed by atoms with Crippen LogP contribution in [0, 0.1) is 0 Å². The van der Waals surface area contributed by atoms with E-state index >= 15 is 0 Å². The number of phenols is 1. The molecule has 0 unspecified atom stereocenters. The molecule has 7 heteroatoms. The maximum atomic E-state index is 12.4. The Labute approximate surface area is 225 Å². The number of nitrogens with one attached hydrogen (secondary N) is 2. The molecule has 4 aromatic rings. The quantitative estimate of drug-likeness (QED) is 0.190. The molecule has 0 saturated heterocycles. The summed E-state index contributed by atoms with van der Waals surface area (Å²) in [7, 11) is 0. The van der Waals surface area contributed by atoms with Gasteiger partial charge in [0.2, 0.25) is 0 Å². The van der Waals surface area contributed by atoms with Crippen LogP contribution in [0.4, 0.5) is 10.5 Å². The van der Waals surface area contributed by atoms with Crippen molar-refractivity contribution in [3.05, 3.63) is 118 Å². The Morgan fingerprint density at radius 1 is 0.806 bits per heavy atom. The van der Waals surface area contributed by atoms with Gasteiger partial charge in [-0.25, -0.2) is 4.79 Å². The lowest BCUT2D eigenvalue weighted by Crippen LogP contribution is -2.30. The second-order valence-electron chi connectivity index (χ2n) is 8.25. The molecule has 184 valence electrons. The number of rotatable bonds is 9. The van der Waals surface area contributed by atoms with E-state index < -0.39 is 0 Å². The molecule has 0 bridgehead atoms. The number of hydrogen-bond donors (Lipinski definition) is 3. The van der Waals surface area contributed by atoms with Gasteiger partial charge in [0.15, 0.2) is 0 Å². The average Bonchev–Trinajstić information content (AvgIpc) is 2.88. The summed E-state index contributed by atoms with van der Waals surface area (Å²) in [5.74, 6) is 0.0366. The van der Waals surface area contributed by atoms with Crippen LogP contribution in [0.15, 0.2) is 101 Å². The molecule has 0 aliphatic heterocycles. The van der Waals surface area contributed by atoms with Crippen LogP contribution >= 0.6 is 35.0 Å². The zero-order valence-corrected chi connectivity index (χ0v) is 21.8. The highest BCUT2D eigenvalue weighted by molar-refractivity contribution is 7.99. The molecule has 4 rings (SSSR count). The number of aryl methyl sites for hydroxylation is 2. The van der Waals surface area contributed by atoms with E-state index in [1.54, 1.807) is 23.9 Å². The molecule has 0 aliphatic carbocycles. The number of halogens is 2. The Balaban J connectivity index is 1.38. The number of benzene rings is 4. The molecule has 2 amide bonds. The normalized spacial score (nSPS) is 10.7. The van der Waals surface area contributed by atoms with Gasteiger partial charge in [0.25, 0.3) is 0 Å². The molecule has 3 N–H and O–H groups in total. The molecule has 4 nitrogen and oxygen atoms in total. The summed E-state index contributed by atoms with van der Waals surface area (Å²) in [6, 6.07) is 28.9. The van der Waals surface area contributed by atoms with Crippen molar-refractivity contribution in [3.8, 4) is 5.75 Å². The van der Waals surface area contributed by atoms with Crippen molar-refractivity contribution in [2.24, 2.45) is 0 Å². The third-order valence-electron chi connectivity index (χ3n) is 5.62. The van der Waals surface area contributed by atoms with Crippen molar-refractivity contribution in [2.45, 2.75) is 29.1 Å². The van der Waals surface area contributed by atoms with E-state index in [1.165, 1.54) is 0 Å². The molecular weight excluding hydrogens is 511 g/mol. The second kappa shape index (κ2) is 12.7. The number of amides is 2. The van der Waals surface area contributed by atoms with Gasteiger partial charge in [-0.15, -0.1) is 0 Å². The first-order valence-corrected chi connectivity index (χ1v) is 13.2. The van der Waals surface area contributed by atoms with Crippen molar-refractivity contribution < 1.29 is 9.90 Å². The fourth-order valence-electron chi connectivity index (χ4n) is 3.77. The van der Waals surface area contributed by atoms with Crippen molar-refractivity contribution in [3.63, 3.8) is 0 Å². The lowest BCUT2D eigenvalue weighted by Gasteiger charge is -2.13. The van der Waals surface area contributed by atoms with E-state index in [4.69, 9.17) is 23.2 Å². The van der Waals surface area contributed by atoms with Gasteiger partial charge in [-0.1, -0.05) is 83.5 Å². The van der Waals surface area contributed by atoms with Gasteiger partial charge in [-0.05, 0) is 78.4 Å². The summed E-state index contributed by atoms with van der Waals surface area (Å²) in [4.78, 5) is 14.6. The van der Waals surface area contributed by atoms with Gasteiger partial charge in [0.05, 0.1) is 5.02 Å². The van der Waals surface area contributed by atoms with E-state index in [0.717, 1.165) is 27.3 Å². The predicted octanol–water partition coefficient (Wildman–Crippen LogP) is 8.00. The highest BCUT2D eigenvalue weighted by atomic mass is 35.5. The first kappa shape index (κ1) is 26.0. The molecule has 36 heavy (non-hydrogen) atoms. The summed E-state index contributed by atoms with van der Waals surface area (Å²) in [5, 5.41) is 17.1. The zero-order chi connectivity index (χ0) is 25.3. The highest BCUT2D eigenvalue weighted by Gasteiger charge is 2.12. The third-order valence-corrected chi connectivity index (χ3v) is 7.29. The first-order valence-electron chi connectivity index (χ1n) is 11.6. The lowest BCUT2D eigenvalue weighted by molar-refractivity contribution is 0.252. The summed E-state index contributed by atoms with van der Waals surface area (Å²) in [6.07, 6.45) is 2.01. The van der Waals surface area contributed by atoms with Crippen LogP contribution in [0.5, 0.6) is 5.75 Å².